The van der Waals surface area contributed by atoms with E-state index in [1.165, 1.54) is 0 Å². The van der Waals surface area contributed by atoms with Gasteiger partial charge in [-0.2, -0.15) is 0 Å². The number of methoxy groups -OCH3 is 1. The molecule has 2 aliphatic rings. The molecule has 1 fully saturated rings. The standard InChI is InChI=1S/C15H22N4O2/c1-21-13-8-17-7-12(13)19-15-10(14(16)20)6-9-4-2-3-5-11(9)18-15/h6,12-13,17H,2-5,7-8H2,1H3,(H2,16,20)(H,18,19)/t12?,13-/m0/s1. The second-order valence-corrected chi connectivity index (χ2v) is 5.74. The number of nitrogens with two attached hydrogens (primary N) is 1. The number of ether oxygens (including phenoxy) is 1. The van der Waals surface area contributed by atoms with Crippen molar-refractivity contribution in [1.82, 2.24) is 10.3 Å². The number of nitrogens with one attached hydrogen (secondary N) is 2. The number of nitrogens with zero attached hydrogens (tertiary/aromatic N) is 1. The van der Waals surface area contributed by atoms with Gasteiger partial charge < -0.3 is 21.1 Å². The van der Waals surface area contributed by atoms with Crippen LogP contribution in [-0.2, 0) is 17.6 Å². The van der Waals surface area contributed by atoms with Crippen molar-refractivity contribution in [1.29, 1.82) is 0 Å². The zero-order chi connectivity index (χ0) is 14.8. The normalized spacial score (nSPS) is 24.6. The Balaban J connectivity index is 1.90. The molecule has 4 N–H and O–H groups in total. The van der Waals surface area contributed by atoms with Gasteiger partial charge in [-0.3, -0.25) is 4.79 Å². The Morgan fingerprint density at radius 3 is 3.00 bits per heavy atom. The summed E-state index contributed by atoms with van der Waals surface area (Å²) < 4.78 is 5.44. The van der Waals surface area contributed by atoms with Gasteiger partial charge in [0, 0.05) is 25.9 Å². The van der Waals surface area contributed by atoms with Crippen molar-refractivity contribution in [2.24, 2.45) is 5.73 Å². The van der Waals surface area contributed by atoms with Gasteiger partial charge in [0.05, 0.1) is 17.7 Å². The van der Waals surface area contributed by atoms with Crippen LogP contribution in [0.4, 0.5) is 5.82 Å². The van der Waals surface area contributed by atoms with Crippen LogP contribution in [0.3, 0.4) is 0 Å². The molecular weight excluding hydrogens is 268 g/mol. The van der Waals surface area contributed by atoms with E-state index in [0.717, 1.165) is 50.0 Å². The molecule has 0 radical (unpaired) electrons. The van der Waals surface area contributed by atoms with Gasteiger partial charge in [-0.1, -0.05) is 0 Å². The summed E-state index contributed by atoms with van der Waals surface area (Å²) >= 11 is 0. The molecule has 1 amide bonds. The number of fused-ring (bicyclic) bond motifs is 1. The average molecular weight is 290 g/mol. The fourth-order valence-corrected chi connectivity index (χ4v) is 3.15. The van der Waals surface area contributed by atoms with Crippen molar-refractivity contribution in [3.63, 3.8) is 0 Å². The third kappa shape index (κ3) is 2.87. The summed E-state index contributed by atoms with van der Waals surface area (Å²) in [4.78, 5) is 16.4. The SMILES string of the molecule is CO[C@H]1CNCC1Nc1nc2c(cc1C(N)=O)CCCC2. The topological polar surface area (TPSA) is 89.3 Å². The number of aromatic nitrogens is 1. The molecule has 6 heteroatoms. The number of aryl methyl sites for hydroxylation is 2. The molecule has 2 atom stereocenters. The molecule has 0 spiro atoms. The number of carbonyl (C=O) groups is 1. The molecule has 21 heavy (non-hydrogen) atoms. The quantitative estimate of drug-likeness (QED) is 0.749. The van der Waals surface area contributed by atoms with E-state index in [2.05, 4.69) is 15.6 Å². The van der Waals surface area contributed by atoms with Gasteiger partial charge in [0.1, 0.15) is 5.82 Å². The van der Waals surface area contributed by atoms with E-state index in [9.17, 15) is 4.79 Å². The number of carbonyl (C=O) groups excluding carboxylic acids is 1. The molecule has 114 valence electrons. The van der Waals surface area contributed by atoms with E-state index in [-0.39, 0.29) is 12.1 Å². The van der Waals surface area contributed by atoms with Crippen molar-refractivity contribution in [2.75, 3.05) is 25.5 Å². The number of hydrogen-bond acceptors (Lipinski definition) is 5. The predicted octanol–water partition coefficient (Wildman–Crippen LogP) is 0.458. The van der Waals surface area contributed by atoms with Crippen molar-refractivity contribution < 1.29 is 9.53 Å². The van der Waals surface area contributed by atoms with Crippen LogP contribution in [0.2, 0.25) is 0 Å². The molecular formula is C15H22N4O2. The number of primary amides is 1. The van der Waals surface area contributed by atoms with Gasteiger partial charge >= 0.3 is 0 Å². The van der Waals surface area contributed by atoms with Gasteiger partial charge in [0.15, 0.2) is 0 Å². The van der Waals surface area contributed by atoms with E-state index in [1.807, 2.05) is 6.07 Å². The second-order valence-electron chi connectivity index (χ2n) is 5.74. The molecule has 2 heterocycles. The maximum Gasteiger partial charge on any atom is 0.252 e. The summed E-state index contributed by atoms with van der Waals surface area (Å²) in [5, 5.41) is 6.62. The lowest BCUT2D eigenvalue weighted by molar-refractivity contribution is 0.0999. The lowest BCUT2D eigenvalue weighted by atomic mass is 9.94. The molecule has 1 aliphatic carbocycles. The first-order valence-corrected chi connectivity index (χ1v) is 7.51. The average Bonchev–Trinajstić information content (AvgIpc) is 2.93. The summed E-state index contributed by atoms with van der Waals surface area (Å²) in [7, 11) is 1.70. The smallest absolute Gasteiger partial charge is 0.252 e. The molecule has 1 unspecified atom stereocenters. The number of rotatable bonds is 4. The maximum atomic E-state index is 11.7. The van der Waals surface area contributed by atoms with Gasteiger partial charge in [-0.05, 0) is 37.3 Å². The van der Waals surface area contributed by atoms with Gasteiger partial charge in [-0.25, -0.2) is 4.98 Å². The van der Waals surface area contributed by atoms with Crippen LogP contribution in [-0.4, -0.2) is 43.2 Å². The lowest BCUT2D eigenvalue weighted by Gasteiger charge is -2.23. The Morgan fingerprint density at radius 1 is 1.43 bits per heavy atom. The molecule has 0 saturated carbocycles. The van der Waals surface area contributed by atoms with Crippen molar-refractivity contribution in [3.05, 3.63) is 22.9 Å². The van der Waals surface area contributed by atoms with E-state index in [4.69, 9.17) is 10.5 Å². The third-order valence-electron chi connectivity index (χ3n) is 4.35. The Kier molecular flexibility index (Phi) is 4.07. The molecule has 1 aliphatic heterocycles. The van der Waals surface area contributed by atoms with Gasteiger partial charge in [-0.15, -0.1) is 0 Å². The highest BCUT2D eigenvalue weighted by Gasteiger charge is 2.28. The third-order valence-corrected chi connectivity index (χ3v) is 4.35. The molecule has 1 aromatic heterocycles. The summed E-state index contributed by atoms with van der Waals surface area (Å²) in [5.74, 6) is 0.164. The molecule has 1 saturated heterocycles. The molecule has 3 rings (SSSR count). The van der Waals surface area contributed by atoms with Crippen molar-refractivity contribution in [2.45, 2.75) is 37.8 Å². The highest BCUT2D eigenvalue weighted by Crippen LogP contribution is 2.25. The summed E-state index contributed by atoms with van der Waals surface area (Å²) in [6.45, 7) is 1.58. The first-order valence-electron chi connectivity index (χ1n) is 7.51. The van der Waals surface area contributed by atoms with Crippen LogP contribution in [0.5, 0.6) is 0 Å². The Morgan fingerprint density at radius 2 is 2.24 bits per heavy atom. The summed E-state index contributed by atoms with van der Waals surface area (Å²) in [6, 6.07) is 2.01. The monoisotopic (exact) mass is 290 g/mol. The van der Waals surface area contributed by atoms with Crippen LogP contribution in [0, 0.1) is 0 Å². The molecule has 1 aromatic rings. The number of pyridine rings is 1. The molecule has 0 aromatic carbocycles. The fourth-order valence-electron chi connectivity index (χ4n) is 3.15. The van der Waals surface area contributed by atoms with Crippen LogP contribution >= 0.6 is 0 Å². The Bertz CT molecular complexity index is 547. The number of hydrogen-bond donors (Lipinski definition) is 3. The fraction of sp³-hybridized carbons (Fsp3) is 0.600. The summed E-state index contributed by atoms with van der Waals surface area (Å²) in [6.07, 6.45) is 4.33. The minimum absolute atomic E-state index is 0.0727. The largest absolute Gasteiger partial charge is 0.378 e. The highest BCUT2D eigenvalue weighted by atomic mass is 16.5. The number of amides is 1. The van der Waals surface area contributed by atoms with Crippen LogP contribution < -0.4 is 16.4 Å². The van der Waals surface area contributed by atoms with Crippen LogP contribution in [0.25, 0.3) is 0 Å². The van der Waals surface area contributed by atoms with E-state index >= 15 is 0 Å². The number of anilines is 1. The van der Waals surface area contributed by atoms with E-state index in [1.54, 1.807) is 7.11 Å². The van der Waals surface area contributed by atoms with Crippen molar-refractivity contribution >= 4 is 11.7 Å². The maximum absolute atomic E-state index is 11.7. The van der Waals surface area contributed by atoms with Crippen molar-refractivity contribution in [3.8, 4) is 0 Å². The second kappa shape index (κ2) is 5.99. The molecule has 0 bridgehead atoms. The van der Waals surface area contributed by atoms with E-state index < -0.39 is 5.91 Å². The Labute approximate surface area is 124 Å². The summed E-state index contributed by atoms with van der Waals surface area (Å²) in [5.41, 5.74) is 8.26. The van der Waals surface area contributed by atoms with E-state index in [0.29, 0.717) is 11.4 Å². The minimum atomic E-state index is -0.432. The zero-order valence-corrected chi connectivity index (χ0v) is 12.3. The molecule has 6 nitrogen and oxygen atoms in total. The first kappa shape index (κ1) is 14.3. The first-order chi connectivity index (χ1) is 10.2. The highest BCUT2D eigenvalue weighted by molar-refractivity contribution is 5.97. The minimum Gasteiger partial charge on any atom is -0.378 e. The zero-order valence-electron chi connectivity index (χ0n) is 12.3. The Hall–Kier alpha value is -1.66. The van der Waals surface area contributed by atoms with Crippen LogP contribution in [0.1, 0.15) is 34.5 Å². The lowest BCUT2D eigenvalue weighted by Crippen LogP contribution is -2.35. The van der Waals surface area contributed by atoms with Crippen LogP contribution in [0.15, 0.2) is 6.07 Å². The van der Waals surface area contributed by atoms with Gasteiger partial charge in [0.2, 0.25) is 0 Å². The predicted molar refractivity (Wildman–Crippen MR) is 80.5 cm³/mol. The van der Waals surface area contributed by atoms with Gasteiger partial charge in [0.25, 0.3) is 5.91 Å².